The quantitative estimate of drug-likeness (QED) is 0.0362. The summed E-state index contributed by atoms with van der Waals surface area (Å²) in [7, 11) is 0. The van der Waals surface area contributed by atoms with E-state index in [1.165, 1.54) is 141 Å². The van der Waals surface area contributed by atoms with Gasteiger partial charge >= 0.3 is 17.9 Å². The molecule has 0 aromatic heterocycles. The van der Waals surface area contributed by atoms with Gasteiger partial charge in [0.15, 0.2) is 6.10 Å². The number of hydrogen-bond donors (Lipinski definition) is 0. The predicted molar refractivity (Wildman–Crippen MR) is 206 cm³/mol. The molecule has 0 fully saturated rings. The van der Waals surface area contributed by atoms with Crippen molar-refractivity contribution in [3.8, 4) is 0 Å². The minimum atomic E-state index is -0.755. The molecule has 49 heavy (non-hydrogen) atoms. The third-order valence-corrected chi connectivity index (χ3v) is 9.61. The van der Waals surface area contributed by atoms with Crippen LogP contribution in [0.3, 0.4) is 0 Å². The fourth-order valence-corrected chi connectivity index (χ4v) is 6.32. The molecule has 0 heterocycles. The van der Waals surface area contributed by atoms with Gasteiger partial charge < -0.3 is 14.2 Å². The summed E-state index contributed by atoms with van der Waals surface area (Å²) in [5.41, 5.74) is 0. The van der Waals surface area contributed by atoms with Gasteiger partial charge in [-0.2, -0.15) is 0 Å². The highest BCUT2D eigenvalue weighted by Crippen LogP contribution is 2.15. The van der Waals surface area contributed by atoms with Gasteiger partial charge in [-0.05, 0) is 19.3 Å². The van der Waals surface area contributed by atoms with Gasteiger partial charge in [0.25, 0.3) is 0 Å². The normalized spacial score (nSPS) is 11.8. The Morgan fingerprint density at radius 3 is 0.857 bits per heavy atom. The second-order valence-corrected chi connectivity index (χ2v) is 14.6. The van der Waals surface area contributed by atoms with Gasteiger partial charge in [0.1, 0.15) is 13.2 Å². The van der Waals surface area contributed by atoms with Crippen molar-refractivity contribution in [3.63, 3.8) is 0 Å². The van der Waals surface area contributed by atoms with Crippen LogP contribution >= 0.6 is 0 Å². The summed E-state index contributed by atoms with van der Waals surface area (Å²) in [6.45, 7) is 6.49. The molecule has 0 N–H and O–H groups in total. The summed E-state index contributed by atoms with van der Waals surface area (Å²) in [5.74, 6) is -0.884. The standard InChI is InChI=1S/C43H82O6/c1-4-7-10-12-14-16-18-20-21-23-24-26-28-30-33-36-42(45)48-39-40(38-47-41(44)35-32-9-6-3)49-43(46)37-34-31-29-27-25-22-19-17-15-13-11-8-5-2/h40H,4-39H2,1-3H3/t40-/m1/s1. The highest BCUT2D eigenvalue weighted by molar-refractivity contribution is 5.71. The number of carbonyl (C=O) groups is 3. The van der Waals surface area contributed by atoms with Gasteiger partial charge in [-0.3, -0.25) is 14.4 Å². The van der Waals surface area contributed by atoms with Crippen LogP contribution in [0, 0.1) is 0 Å². The lowest BCUT2D eigenvalue weighted by molar-refractivity contribution is -0.167. The SMILES string of the molecule is CCCCCCCCCCCCCCCCCC(=O)OC[C@@H](COC(=O)CCCCC)OC(=O)CCCCCCCCCCCCCCC. The summed E-state index contributed by atoms with van der Waals surface area (Å²) >= 11 is 0. The first-order chi connectivity index (χ1) is 24.0. The van der Waals surface area contributed by atoms with E-state index in [1.54, 1.807) is 0 Å². The monoisotopic (exact) mass is 695 g/mol. The first-order valence-electron chi connectivity index (χ1n) is 21.5. The summed E-state index contributed by atoms with van der Waals surface area (Å²) in [4.78, 5) is 37.2. The lowest BCUT2D eigenvalue weighted by Gasteiger charge is -2.18. The van der Waals surface area contributed by atoms with Gasteiger partial charge in [0, 0.05) is 19.3 Å². The zero-order valence-electron chi connectivity index (χ0n) is 33.0. The molecule has 0 aromatic rings. The van der Waals surface area contributed by atoms with Crippen LogP contribution in [0.15, 0.2) is 0 Å². The molecule has 290 valence electrons. The number of carbonyl (C=O) groups excluding carboxylic acids is 3. The summed E-state index contributed by atoms with van der Waals surface area (Å²) < 4.78 is 16.5. The molecule has 0 saturated heterocycles. The maximum atomic E-state index is 12.6. The maximum absolute atomic E-state index is 12.6. The first kappa shape index (κ1) is 47.4. The molecule has 0 spiro atoms. The highest BCUT2D eigenvalue weighted by Gasteiger charge is 2.19. The van der Waals surface area contributed by atoms with E-state index in [2.05, 4.69) is 20.8 Å². The van der Waals surface area contributed by atoms with Crippen molar-refractivity contribution in [1.29, 1.82) is 0 Å². The molecule has 0 bridgehead atoms. The van der Waals surface area contributed by atoms with Gasteiger partial charge in [-0.1, -0.05) is 201 Å². The molecule has 0 aliphatic carbocycles. The van der Waals surface area contributed by atoms with Crippen LogP contribution in [0.5, 0.6) is 0 Å². The zero-order valence-corrected chi connectivity index (χ0v) is 33.0. The van der Waals surface area contributed by atoms with Crippen molar-refractivity contribution in [2.75, 3.05) is 13.2 Å². The summed E-state index contributed by atoms with van der Waals surface area (Å²) in [5, 5.41) is 0. The number of rotatable bonds is 39. The van der Waals surface area contributed by atoms with Crippen LogP contribution in [0.25, 0.3) is 0 Å². The van der Waals surface area contributed by atoms with E-state index in [4.69, 9.17) is 14.2 Å². The molecule has 0 aliphatic rings. The van der Waals surface area contributed by atoms with Crippen molar-refractivity contribution in [3.05, 3.63) is 0 Å². The fourth-order valence-electron chi connectivity index (χ4n) is 6.32. The van der Waals surface area contributed by atoms with Crippen molar-refractivity contribution in [1.82, 2.24) is 0 Å². The molecule has 6 nitrogen and oxygen atoms in total. The fraction of sp³-hybridized carbons (Fsp3) is 0.930. The topological polar surface area (TPSA) is 78.9 Å². The zero-order chi connectivity index (χ0) is 35.9. The molecular formula is C43H82O6. The van der Waals surface area contributed by atoms with Gasteiger partial charge in [-0.15, -0.1) is 0 Å². The van der Waals surface area contributed by atoms with E-state index in [0.29, 0.717) is 19.3 Å². The molecule has 1 atom stereocenters. The third kappa shape index (κ3) is 37.5. The number of esters is 3. The average molecular weight is 695 g/mol. The van der Waals surface area contributed by atoms with Gasteiger partial charge in [0.05, 0.1) is 0 Å². The van der Waals surface area contributed by atoms with E-state index in [9.17, 15) is 14.4 Å². The number of unbranched alkanes of at least 4 members (excludes halogenated alkanes) is 28. The molecule has 0 aromatic carbocycles. The highest BCUT2D eigenvalue weighted by atomic mass is 16.6. The summed E-state index contributed by atoms with van der Waals surface area (Å²) in [6, 6.07) is 0. The second kappa shape index (κ2) is 39.2. The minimum absolute atomic E-state index is 0.0653. The molecule has 0 aliphatic heterocycles. The predicted octanol–water partition coefficient (Wildman–Crippen LogP) is 13.3. The van der Waals surface area contributed by atoms with Crippen LogP contribution in [0.1, 0.15) is 239 Å². The number of ether oxygens (including phenoxy) is 3. The molecular weight excluding hydrogens is 612 g/mol. The van der Waals surface area contributed by atoms with E-state index in [-0.39, 0.29) is 31.1 Å². The van der Waals surface area contributed by atoms with Crippen LogP contribution in [-0.4, -0.2) is 37.2 Å². The lowest BCUT2D eigenvalue weighted by Crippen LogP contribution is -2.30. The lowest BCUT2D eigenvalue weighted by atomic mass is 10.0. The molecule has 0 radical (unpaired) electrons. The Kier molecular flexibility index (Phi) is 37.9. The van der Waals surface area contributed by atoms with Crippen molar-refractivity contribution in [2.45, 2.75) is 245 Å². The Balaban J connectivity index is 4.08. The van der Waals surface area contributed by atoms with E-state index in [1.807, 2.05) is 0 Å². The number of hydrogen-bond acceptors (Lipinski definition) is 6. The Labute approximate surface area is 304 Å². The molecule has 0 unspecified atom stereocenters. The van der Waals surface area contributed by atoms with Crippen LogP contribution in [-0.2, 0) is 28.6 Å². The van der Waals surface area contributed by atoms with Gasteiger partial charge in [0.2, 0.25) is 0 Å². The molecule has 6 heteroatoms. The Morgan fingerprint density at radius 1 is 0.327 bits per heavy atom. The van der Waals surface area contributed by atoms with E-state index >= 15 is 0 Å². The molecule has 0 saturated carbocycles. The van der Waals surface area contributed by atoms with Crippen molar-refractivity contribution < 1.29 is 28.6 Å². The Morgan fingerprint density at radius 2 is 0.551 bits per heavy atom. The van der Waals surface area contributed by atoms with Crippen molar-refractivity contribution in [2.24, 2.45) is 0 Å². The smallest absolute Gasteiger partial charge is 0.306 e. The Hall–Kier alpha value is -1.59. The van der Waals surface area contributed by atoms with E-state index < -0.39 is 6.10 Å². The van der Waals surface area contributed by atoms with Crippen molar-refractivity contribution >= 4 is 17.9 Å². The average Bonchev–Trinajstić information content (AvgIpc) is 3.09. The molecule has 0 amide bonds. The second-order valence-electron chi connectivity index (χ2n) is 14.6. The van der Waals surface area contributed by atoms with Crippen LogP contribution in [0.2, 0.25) is 0 Å². The summed E-state index contributed by atoms with van der Waals surface area (Å²) in [6.07, 6.45) is 38.6. The minimum Gasteiger partial charge on any atom is -0.462 e. The maximum Gasteiger partial charge on any atom is 0.306 e. The first-order valence-corrected chi connectivity index (χ1v) is 21.5. The van der Waals surface area contributed by atoms with Crippen LogP contribution < -0.4 is 0 Å². The van der Waals surface area contributed by atoms with E-state index in [0.717, 1.165) is 57.8 Å². The van der Waals surface area contributed by atoms with Gasteiger partial charge in [-0.25, -0.2) is 0 Å². The van der Waals surface area contributed by atoms with Crippen LogP contribution in [0.4, 0.5) is 0 Å². The molecule has 0 rings (SSSR count). The Bertz CT molecular complexity index is 723. The third-order valence-electron chi connectivity index (χ3n) is 9.61. The largest absolute Gasteiger partial charge is 0.462 e.